The predicted octanol–water partition coefficient (Wildman–Crippen LogP) is 1.33. The number of aromatic carboxylic acids is 1. The summed E-state index contributed by atoms with van der Waals surface area (Å²) in [7, 11) is 0. The van der Waals surface area contributed by atoms with Crippen molar-refractivity contribution in [2.75, 3.05) is 6.54 Å². The number of carbonyl (C=O) groups excluding carboxylic acids is 1. The van der Waals surface area contributed by atoms with Crippen molar-refractivity contribution in [3.05, 3.63) is 33.2 Å². The summed E-state index contributed by atoms with van der Waals surface area (Å²) in [5, 5.41) is 12.0. The van der Waals surface area contributed by atoms with Gasteiger partial charge in [-0.05, 0) is 25.3 Å². The number of hydrogen-bond acceptors (Lipinski definition) is 3. The maximum Gasteiger partial charge on any atom is 0.337 e. The minimum Gasteiger partial charge on any atom is -0.478 e. The molecule has 0 fully saturated rings. The molecule has 0 bridgehead atoms. The summed E-state index contributed by atoms with van der Waals surface area (Å²) < 4.78 is 1.34. The molecule has 0 aromatic carbocycles. The van der Waals surface area contributed by atoms with Crippen LogP contribution in [0.2, 0.25) is 0 Å². The Morgan fingerprint density at radius 1 is 1.33 bits per heavy atom. The smallest absolute Gasteiger partial charge is 0.337 e. The average Bonchev–Trinajstić information content (AvgIpc) is 2.34. The lowest BCUT2D eigenvalue weighted by atomic mass is 10.1. The monoisotopic (exact) mass is 294 g/mol. The van der Waals surface area contributed by atoms with E-state index >= 15 is 0 Å². The third kappa shape index (κ3) is 4.44. The zero-order valence-corrected chi connectivity index (χ0v) is 12.9. The Bertz CT molecular complexity index is 602. The van der Waals surface area contributed by atoms with E-state index in [9.17, 15) is 19.5 Å². The summed E-state index contributed by atoms with van der Waals surface area (Å²) in [6.45, 7) is 7.93. The first kappa shape index (κ1) is 16.9. The van der Waals surface area contributed by atoms with E-state index in [1.54, 1.807) is 13.8 Å². The van der Waals surface area contributed by atoms with Gasteiger partial charge in [-0.15, -0.1) is 0 Å². The number of carboxylic acid groups (broad SMARTS) is 1. The van der Waals surface area contributed by atoms with Gasteiger partial charge in [0.25, 0.3) is 5.56 Å². The van der Waals surface area contributed by atoms with Gasteiger partial charge in [-0.3, -0.25) is 9.59 Å². The van der Waals surface area contributed by atoms with Crippen LogP contribution in [0, 0.1) is 19.8 Å². The Morgan fingerprint density at radius 2 is 1.95 bits per heavy atom. The third-order valence-electron chi connectivity index (χ3n) is 3.25. The topological polar surface area (TPSA) is 88.4 Å². The minimum atomic E-state index is -1.07. The van der Waals surface area contributed by atoms with Crippen molar-refractivity contribution >= 4 is 11.9 Å². The lowest BCUT2D eigenvalue weighted by Crippen LogP contribution is -2.31. The van der Waals surface area contributed by atoms with E-state index in [1.165, 1.54) is 10.6 Å². The highest BCUT2D eigenvalue weighted by Crippen LogP contribution is 2.11. The fourth-order valence-corrected chi connectivity index (χ4v) is 2.14. The molecule has 116 valence electrons. The van der Waals surface area contributed by atoms with Crippen molar-refractivity contribution in [3.63, 3.8) is 0 Å². The van der Waals surface area contributed by atoms with Gasteiger partial charge in [0.2, 0.25) is 5.91 Å². The third-order valence-corrected chi connectivity index (χ3v) is 3.25. The number of aryl methyl sites for hydroxylation is 1. The molecule has 21 heavy (non-hydrogen) atoms. The van der Waals surface area contributed by atoms with Crippen LogP contribution in [0.4, 0.5) is 0 Å². The molecule has 0 saturated heterocycles. The molecule has 0 aliphatic heterocycles. The van der Waals surface area contributed by atoms with Crippen molar-refractivity contribution in [2.24, 2.45) is 5.92 Å². The standard InChI is InChI=1S/C15H22N2O4/c1-9(2)8-16-12(18)5-6-17-11(4)14(15(20)21)10(3)7-13(17)19/h7,9H,5-6,8H2,1-4H3,(H,16,18)(H,20,21). The molecule has 0 radical (unpaired) electrons. The number of carboxylic acids is 1. The van der Waals surface area contributed by atoms with Crippen LogP contribution in [0.5, 0.6) is 0 Å². The van der Waals surface area contributed by atoms with Gasteiger partial charge in [-0.25, -0.2) is 4.79 Å². The van der Waals surface area contributed by atoms with Crippen LogP contribution in [-0.2, 0) is 11.3 Å². The fourth-order valence-electron chi connectivity index (χ4n) is 2.14. The largest absolute Gasteiger partial charge is 0.478 e. The van der Waals surface area contributed by atoms with Crippen LogP contribution < -0.4 is 10.9 Å². The lowest BCUT2D eigenvalue weighted by molar-refractivity contribution is -0.121. The highest BCUT2D eigenvalue weighted by atomic mass is 16.4. The molecule has 6 nitrogen and oxygen atoms in total. The van der Waals surface area contributed by atoms with Crippen molar-refractivity contribution in [3.8, 4) is 0 Å². The minimum absolute atomic E-state index is 0.122. The molecule has 0 aliphatic rings. The molecular weight excluding hydrogens is 272 g/mol. The summed E-state index contributed by atoms with van der Waals surface area (Å²) in [6, 6.07) is 1.29. The molecule has 1 aromatic heterocycles. The van der Waals surface area contributed by atoms with Crippen molar-refractivity contribution in [2.45, 2.75) is 40.7 Å². The number of hydrogen-bond donors (Lipinski definition) is 2. The molecule has 6 heteroatoms. The van der Waals surface area contributed by atoms with Crippen LogP contribution >= 0.6 is 0 Å². The van der Waals surface area contributed by atoms with Crippen LogP contribution in [0.1, 0.15) is 41.9 Å². The number of aromatic nitrogens is 1. The molecule has 1 amide bonds. The molecule has 0 unspecified atom stereocenters. The fraction of sp³-hybridized carbons (Fsp3) is 0.533. The van der Waals surface area contributed by atoms with E-state index in [1.807, 2.05) is 13.8 Å². The normalized spacial score (nSPS) is 10.7. The zero-order valence-electron chi connectivity index (χ0n) is 12.9. The van der Waals surface area contributed by atoms with Gasteiger partial charge in [0.15, 0.2) is 0 Å². The molecule has 0 saturated carbocycles. The Balaban J connectivity index is 2.89. The Hall–Kier alpha value is -2.11. The van der Waals surface area contributed by atoms with Crippen molar-refractivity contribution in [1.82, 2.24) is 9.88 Å². The van der Waals surface area contributed by atoms with Crippen molar-refractivity contribution < 1.29 is 14.7 Å². The quantitative estimate of drug-likeness (QED) is 0.828. The highest BCUT2D eigenvalue weighted by Gasteiger charge is 2.16. The maximum absolute atomic E-state index is 12.0. The van der Waals surface area contributed by atoms with Crippen LogP contribution in [0.3, 0.4) is 0 Å². The molecule has 1 rings (SSSR count). The second-order valence-electron chi connectivity index (χ2n) is 5.53. The first-order valence-corrected chi connectivity index (χ1v) is 6.95. The van der Waals surface area contributed by atoms with Gasteiger partial charge in [0.05, 0.1) is 5.56 Å². The SMILES string of the molecule is Cc1cc(=O)n(CCC(=O)NCC(C)C)c(C)c1C(=O)O. The summed E-state index contributed by atoms with van der Waals surface area (Å²) in [6.07, 6.45) is 0.148. The van der Waals surface area contributed by atoms with Gasteiger partial charge < -0.3 is 15.0 Å². The molecule has 1 heterocycles. The number of nitrogens with one attached hydrogen (secondary N) is 1. The lowest BCUT2D eigenvalue weighted by Gasteiger charge is -2.14. The first-order valence-electron chi connectivity index (χ1n) is 6.95. The molecule has 0 spiro atoms. The van der Waals surface area contributed by atoms with E-state index in [2.05, 4.69) is 5.32 Å². The van der Waals surface area contributed by atoms with E-state index in [0.29, 0.717) is 23.7 Å². The zero-order chi connectivity index (χ0) is 16.2. The van der Waals surface area contributed by atoms with E-state index in [-0.39, 0.29) is 30.0 Å². The van der Waals surface area contributed by atoms with Crippen LogP contribution in [-0.4, -0.2) is 28.1 Å². The predicted molar refractivity (Wildman–Crippen MR) is 79.6 cm³/mol. The van der Waals surface area contributed by atoms with Gasteiger partial charge >= 0.3 is 5.97 Å². The summed E-state index contributed by atoms with van der Waals surface area (Å²) in [5.41, 5.74) is 0.651. The molecule has 0 atom stereocenters. The maximum atomic E-state index is 12.0. The Labute approximate surface area is 123 Å². The van der Waals surface area contributed by atoms with Crippen LogP contribution in [0.25, 0.3) is 0 Å². The average molecular weight is 294 g/mol. The summed E-state index contributed by atoms with van der Waals surface area (Å²) in [4.78, 5) is 34.9. The number of rotatable bonds is 6. The van der Waals surface area contributed by atoms with Gasteiger partial charge in [0, 0.05) is 31.3 Å². The number of pyridine rings is 1. The Morgan fingerprint density at radius 3 is 2.48 bits per heavy atom. The Kier molecular flexibility index (Phi) is 5.69. The number of amides is 1. The number of nitrogens with zero attached hydrogens (tertiary/aromatic N) is 1. The van der Waals surface area contributed by atoms with Gasteiger partial charge in [-0.2, -0.15) is 0 Å². The summed E-state index contributed by atoms with van der Waals surface area (Å²) >= 11 is 0. The molecular formula is C15H22N2O4. The molecule has 2 N–H and O–H groups in total. The van der Waals surface area contributed by atoms with Crippen LogP contribution in [0.15, 0.2) is 10.9 Å². The van der Waals surface area contributed by atoms with E-state index in [0.717, 1.165) is 0 Å². The highest BCUT2D eigenvalue weighted by molar-refractivity contribution is 5.90. The van der Waals surface area contributed by atoms with E-state index < -0.39 is 5.97 Å². The second-order valence-corrected chi connectivity index (χ2v) is 5.53. The molecule has 1 aromatic rings. The first-order chi connectivity index (χ1) is 9.73. The van der Waals surface area contributed by atoms with Crippen molar-refractivity contribution in [1.29, 1.82) is 0 Å². The summed E-state index contributed by atoms with van der Waals surface area (Å²) in [5.74, 6) is -0.855. The van der Waals surface area contributed by atoms with Gasteiger partial charge in [0.1, 0.15) is 0 Å². The van der Waals surface area contributed by atoms with E-state index in [4.69, 9.17) is 0 Å². The van der Waals surface area contributed by atoms with Gasteiger partial charge in [-0.1, -0.05) is 13.8 Å². The number of carbonyl (C=O) groups is 2. The molecule has 0 aliphatic carbocycles. The second kappa shape index (κ2) is 7.06.